The van der Waals surface area contributed by atoms with Crippen LogP contribution in [-0.4, -0.2) is 19.1 Å². The molecule has 1 atom stereocenters. The molecule has 0 amide bonds. The molecule has 0 radical (unpaired) electrons. The molecule has 3 heteroatoms. The second-order valence-electron chi connectivity index (χ2n) is 6.29. The topological polar surface area (TPSA) is 38.3 Å². The van der Waals surface area contributed by atoms with Crippen LogP contribution < -0.4 is 5.32 Å². The first-order valence-corrected chi connectivity index (χ1v) is 6.87. The number of nitrogens with one attached hydrogen (secondary N) is 1. The monoisotopic (exact) mass is 261 g/mol. The van der Waals surface area contributed by atoms with Crippen LogP contribution in [0.25, 0.3) is 0 Å². The lowest BCUT2D eigenvalue weighted by molar-refractivity contribution is 0.0601. The van der Waals surface area contributed by atoms with Gasteiger partial charge >= 0.3 is 5.97 Å². The normalized spacial score (nSPS) is 21.2. The third kappa shape index (κ3) is 3.28. The van der Waals surface area contributed by atoms with Gasteiger partial charge in [-0.05, 0) is 43.7 Å². The molecule has 0 aliphatic heterocycles. The van der Waals surface area contributed by atoms with E-state index >= 15 is 0 Å². The summed E-state index contributed by atoms with van der Waals surface area (Å²) in [6.45, 7) is 6.57. The number of carbonyl (C=O) groups is 1. The SMILES string of the molecule is COC(=O)c1cc(C)ccc1NC1CCC(C)(C)C1. The number of esters is 1. The fraction of sp³-hybridized carbons (Fsp3) is 0.562. The van der Waals surface area contributed by atoms with Crippen LogP contribution in [0.15, 0.2) is 18.2 Å². The number of anilines is 1. The average Bonchev–Trinajstić information content (AvgIpc) is 2.70. The van der Waals surface area contributed by atoms with Crippen LogP contribution in [0.5, 0.6) is 0 Å². The van der Waals surface area contributed by atoms with Crippen molar-refractivity contribution >= 4 is 11.7 Å². The maximum atomic E-state index is 11.8. The van der Waals surface area contributed by atoms with Crippen LogP contribution in [0.3, 0.4) is 0 Å². The maximum Gasteiger partial charge on any atom is 0.339 e. The molecular weight excluding hydrogens is 238 g/mol. The molecule has 1 fully saturated rings. The highest BCUT2D eigenvalue weighted by atomic mass is 16.5. The highest BCUT2D eigenvalue weighted by Crippen LogP contribution is 2.38. The lowest BCUT2D eigenvalue weighted by atomic mass is 9.92. The van der Waals surface area contributed by atoms with Gasteiger partial charge < -0.3 is 10.1 Å². The second kappa shape index (κ2) is 5.24. The molecule has 0 heterocycles. The Bertz CT molecular complexity index is 480. The average molecular weight is 261 g/mol. The summed E-state index contributed by atoms with van der Waals surface area (Å²) < 4.78 is 4.86. The molecule has 104 valence electrons. The van der Waals surface area contributed by atoms with Crippen molar-refractivity contribution in [1.29, 1.82) is 0 Å². The van der Waals surface area contributed by atoms with Gasteiger partial charge in [0.25, 0.3) is 0 Å². The van der Waals surface area contributed by atoms with Gasteiger partial charge in [0, 0.05) is 11.7 Å². The number of rotatable bonds is 3. The number of aryl methyl sites for hydroxylation is 1. The zero-order chi connectivity index (χ0) is 14.0. The van der Waals surface area contributed by atoms with Gasteiger partial charge in [-0.3, -0.25) is 0 Å². The van der Waals surface area contributed by atoms with Crippen molar-refractivity contribution in [3.63, 3.8) is 0 Å². The van der Waals surface area contributed by atoms with Crippen LogP contribution in [0.4, 0.5) is 5.69 Å². The van der Waals surface area contributed by atoms with Gasteiger partial charge in [-0.15, -0.1) is 0 Å². The van der Waals surface area contributed by atoms with Gasteiger partial charge in [0.15, 0.2) is 0 Å². The molecule has 1 aromatic rings. The van der Waals surface area contributed by atoms with Crippen molar-refractivity contribution in [2.75, 3.05) is 12.4 Å². The Kier molecular flexibility index (Phi) is 3.83. The summed E-state index contributed by atoms with van der Waals surface area (Å²) in [6.07, 6.45) is 3.52. The van der Waals surface area contributed by atoms with Crippen LogP contribution in [-0.2, 0) is 4.74 Å². The molecule has 0 spiro atoms. The van der Waals surface area contributed by atoms with Gasteiger partial charge in [0.2, 0.25) is 0 Å². The lowest BCUT2D eigenvalue weighted by Crippen LogP contribution is -2.19. The van der Waals surface area contributed by atoms with E-state index in [9.17, 15) is 4.79 Å². The fourth-order valence-electron chi connectivity index (χ4n) is 2.84. The molecule has 1 aromatic carbocycles. The predicted molar refractivity (Wildman–Crippen MR) is 77.6 cm³/mol. The number of carbonyl (C=O) groups excluding carboxylic acids is 1. The quantitative estimate of drug-likeness (QED) is 0.842. The molecule has 0 bridgehead atoms. The van der Waals surface area contributed by atoms with E-state index in [1.54, 1.807) is 0 Å². The summed E-state index contributed by atoms with van der Waals surface area (Å²) in [6, 6.07) is 6.33. The standard InChI is InChI=1S/C16H23NO2/c1-11-5-6-14(13(9-11)15(18)19-4)17-12-7-8-16(2,3)10-12/h5-6,9,12,17H,7-8,10H2,1-4H3. The number of hydrogen-bond donors (Lipinski definition) is 1. The van der Waals surface area contributed by atoms with E-state index < -0.39 is 0 Å². The summed E-state index contributed by atoms with van der Waals surface area (Å²) in [4.78, 5) is 11.8. The van der Waals surface area contributed by atoms with Crippen molar-refractivity contribution in [2.45, 2.75) is 46.1 Å². The summed E-state index contributed by atoms with van der Waals surface area (Å²) in [7, 11) is 1.42. The first kappa shape index (κ1) is 13.9. The highest BCUT2D eigenvalue weighted by Gasteiger charge is 2.31. The molecule has 1 aliphatic carbocycles. The number of ether oxygens (including phenoxy) is 1. The molecule has 0 saturated heterocycles. The Morgan fingerprint density at radius 2 is 2.16 bits per heavy atom. The fourth-order valence-corrected chi connectivity index (χ4v) is 2.84. The van der Waals surface area contributed by atoms with E-state index in [0.717, 1.165) is 24.1 Å². The molecule has 0 aromatic heterocycles. The van der Waals surface area contributed by atoms with Crippen LogP contribution in [0, 0.1) is 12.3 Å². The van der Waals surface area contributed by atoms with Crippen LogP contribution in [0.1, 0.15) is 49.0 Å². The van der Waals surface area contributed by atoms with Gasteiger partial charge in [-0.25, -0.2) is 4.79 Å². The summed E-state index contributed by atoms with van der Waals surface area (Å²) in [5.41, 5.74) is 2.98. The third-order valence-corrected chi connectivity index (χ3v) is 3.91. The van der Waals surface area contributed by atoms with Crippen molar-refractivity contribution < 1.29 is 9.53 Å². The van der Waals surface area contributed by atoms with Crippen LogP contribution in [0.2, 0.25) is 0 Å². The minimum Gasteiger partial charge on any atom is -0.465 e. The molecule has 19 heavy (non-hydrogen) atoms. The maximum absolute atomic E-state index is 11.8. The Hall–Kier alpha value is -1.51. The minimum atomic E-state index is -0.275. The Labute approximate surface area is 115 Å². The van der Waals surface area contributed by atoms with E-state index in [1.165, 1.54) is 13.5 Å². The van der Waals surface area contributed by atoms with Crippen LogP contribution >= 0.6 is 0 Å². The molecule has 1 aliphatic rings. The highest BCUT2D eigenvalue weighted by molar-refractivity contribution is 5.95. The van der Waals surface area contributed by atoms with E-state index in [1.807, 2.05) is 25.1 Å². The summed E-state index contributed by atoms with van der Waals surface area (Å²) >= 11 is 0. The Morgan fingerprint density at radius 3 is 2.74 bits per heavy atom. The second-order valence-corrected chi connectivity index (χ2v) is 6.29. The first-order valence-electron chi connectivity index (χ1n) is 6.87. The van der Waals surface area contributed by atoms with Gasteiger partial charge in [-0.1, -0.05) is 25.5 Å². The van der Waals surface area contributed by atoms with Gasteiger partial charge in [0.05, 0.1) is 12.7 Å². The molecule has 3 nitrogen and oxygen atoms in total. The van der Waals surface area contributed by atoms with E-state index in [4.69, 9.17) is 4.74 Å². The Morgan fingerprint density at radius 1 is 1.42 bits per heavy atom. The molecular formula is C16H23NO2. The third-order valence-electron chi connectivity index (χ3n) is 3.91. The molecule has 1 unspecified atom stereocenters. The zero-order valence-corrected chi connectivity index (χ0v) is 12.2. The van der Waals surface area contributed by atoms with E-state index in [0.29, 0.717) is 17.0 Å². The minimum absolute atomic E-state index is 0.275. The smallest absolute Gasteiger partial charge is 0.339 e. The van der Waals surface area contributed by atoms with Crippen molar-refractivity contribution in [3.05, 3.63) is 29.3 Å². The largest absolute Gasteiger partial charge is 0.465 e. The summed E-state index contributed by atoms with van der Waals surface area (Å²) in [5, 5.41) is 3.51. The van der Waals surface area contributed by atoms with Gasteiger partial charge in [0.1, 0.15) is 0 Å². The predicted octanol–water partition coefficient (Wildman–Crippen LogP) is 3.77. The Balaban J connectivity index is 2.18. The molecule has 2 rings (SSSR count). The zero-order valence-electron chi connectivity index (χ0n) is 12.2. The number of hydrogen-bond acceptors (Lipinski definition) is 3. The lowest BCUT2D eigenvalue weighted by Gasteiger charge is -2.20. The van der Waals surface area contributed by atoms with Crippen molar-refractivity contribution in [3.8, 4) is 0 Å². The number of methoxy groups -OCH3 is 1. The van der Waals surface area contributed by atoms with E-state index in [-0.39, 0.29) is 5.97 Å². The molecule has 1 saturated carbocycles. The first-order chi connectivity index (χ1) is 8.91. The molecule has 1 N–H and O–H groups in total. The van der Waals surface area contributed by atoms with Crippen molar-refractivity contribution in [1.82, 2.24) is 0 Å². The number of benzene rings is 1. The van der Waals surface area contributed by atoms with Gasteiger partial charge in [-0.2, -0.15) is 0 Å². The van der Waals surface area contributed by atoms with Crippen molar-refractivity contribution in [2.24, 2.45) is 5.41 Å². The van der Waals surface area contributed by atoms with E-state index in [2.05, 4.69) is 19.2 Å². The summed E-state index contributed by atoms with van der Waals surface area (Å²) in [5.74, 6) is -0.275.